The van der Waals surface area contributed by atoms with Crippen LogP contribution in [0, 0.1) is 5.82 Å². The van der Waals surface area contributed by atoms with Gasteiger partial charge in [-0.3, -0.25) is 4.98 Å². The van der Waals surface area contributed by atoms with Crippen LogP contribution in [0.2, 0.25) is 0 Å². The fraction of sp³-hybridized carbons (Fsp3) is 0.267. The van der Waals surface area contributed by atoms with Crippen molar-refractivity contribution in [3.05, 3.63) is 54.1 Å². The molecule has 4 heteroatoms. The zero-order valence-electron chi connectivity index (χ0n) is 10.9. The van der Waals surface area contributed by atoms with Crippen LogP contribution in [0.25, 0.3) is 0 Å². The van der Waals surface area contributed by atoms with Crippen molar-refractivity contribution in [1.82, 2.24) is 4.98 Å². The minimum absolute atomic E-state index is 0.173. The number of hydrogen-bond acceptors (Lipinski definition) is 3. The van der Waals surface area contributed by atoms with Crippen molar-refractivity contribution in [3.63, 3.8) is 0 Å². The molecule has 1 aromatic heterocycles. The van der Waals surface area contributed by atoms with Crippen LogP contribution in [-0.2, 0) is 5.75 Å². The molecular formula is C15H17FN2S. The van der Waals surface area contributed by atoms with E-state index in [0.717, 1.165) is 24.3 Å². The molecule has 0 aliphatic rings. The smallest absolute Gasteiger partial charge is 0.136 e. The van der Waals surface area contributed by atoms with Crippen LogP contribution in [0.5, 0.6) is 0 Å². The molecule has 2 rings (SSSR count). The van der Waals surface area contributed by atoms with Crippen LogP contribution >= 0.6 is 11.8 Å². The number of benzene rings is 1. The van der Waals surface area contributed by atoms with Gasteiger partial charge in [0, 0.05) is 29.1 Å². The van der Waals surface area contributed by atoms with Gasteiger partial charge in [0.15, 0.2) is 0 Å². The van der Waals surface area contributed by atoms with Crippen LogP contribution < -0.4 is 5.32 Å². The van der Waals surface area contributed by atoms with E-state index in [4.69, 9.17) is 0 Å². The molecule has 1 aromatic carbocycles. The summed E-state index contributed by atoms with van der Waals surface area (Å²) in [6.07, 6.45) is 2.87. The molecule has 1 heterocycles. The van der Waals surface area contributed by atoms with Gasteiger partial charge in [-0.2, -0.15) is 0 Å². The number of aromatic nitrogens is 1. The lowest BCUT2D eigenvalue weighted by molar-refractivity contribution is 0.602. The molecule has 0 aliphatic heterocycles. The van der Waals surface area contributed by atoms with Gasteiger partial charge >= 0.3 is 0 Å². The minimum Gasteiger partial charge on any atom is -0.385 e. The van der Waals surface area contributed by atoms with E-state index < -0.39 is 0 Å². The Morgan fingerprint density at radius 1 is 1.26 bits per heavy atom. The summed E-state index contributed by atoms with van der Waals surface area (Å²) in [5.74, 6) is 0.496. The summed E-state index contributed by atoms with van der Waals surface area (Å²) >= 11 is 1.47. The maximum atomic E-state index is 13.5. The Balaban J connectivity index is 1.98. The lowest BCUT2D eigenvalue weighted by Crippen LogP contribution is -2.00. The Morgan fingerprint density at radius 3 is 2.89 bits per heavy atom. The van der Waals surface area contributed by atoms with Gasteiger partial charge in [-0.25, -0.2) is 4.39 Å². The summed E-state index contributed by atoms with van der Waals surface area (Å²) in [5.41, 5.74) is 2.02. The fourth-order valence-electron chi connectivity index (χ4n) is 1.65. The first-order chi connectivity index (χ1) is 9.29. The fourth-order valence-corrected chi connectivity index (χ4v) is 2.49. The highest BCUT2D eigenvalue weighted by Crippen LogP contribution is 2.25. The van der Waals surface area contributed by atoms with Gasteiger partial charge in [0.2, 0.25) is 0 Å². The van der Waals surface area contributed by atoms with Gasteiger partial charge in [-0.1, -0.05) is 19.1 Å². The number of rotatable bonds is 6. The third kappa shape index (κ3) is 4.24. The van der Waals surface area contributed by atoms with Crippen LogP contribution in [0.1, 0.15) is 19.0 Å². The number of hydrogen-bond donors (Lipinski definition) is 1. The molecule has 2 aromatic rings. The average molecular weight is 276 g/mol. The zero-order chi connectivity index (χ0) is 13.5. The van der Waals surface area contributed by atoms with E-state index in [1.54, 1.807) is 18.3 Å². The second kappa shape index (κ2) is 7.14. The summed E-state index contributed by atoms with van der Waals surface area (Å²) in [6, 6.07) is 10.8. The van der Waals surface area contributed by atoms with Crippen molar-refractivity contribution < 1.29 is 4.39 Å². The predicted molar refractivity (Wildman–Crippen MR) is 79.0 cm³/mol. The van der Waals surface area contributed by atoms with Crippen molar-refractivity contribution >= 4 is 17.4 Å². The van der Waals surface area contributed by atoms with Crippen molar-refractivity contribution in [3.8, 4) is 0 Å². The maximum Gasteiger partial charge on any atom is 0.136 e. The number of nitrogens with one attached hydrogen (secondary N) is 1. The number of nitrogens with zero attached hydrogens (tertiary/aromatic N) is 1. The topological polar surface area (TPSA) is 24.9 Å². The Labute approximate surface area is 117 Å². The van der Waals surface area contributed by atoms with Crippen molar-refractivity contribution in [2.75, 3.05) is 11.9 Å². The van der Waals surface area contributed by atoms with Crippen molar-refractivity contribution in [2.45, 2.75) is 24.0 Å². The molecule has 0 fully saturated rings. The highest BCUT2D eigenvalue weighted by atomic mass is 32.2. The molecule has 0 bridgehead atoms. The first kappa shape index (κ1) is 13.9. The monoisotopic (exact) mass is 276 g/mol. The molecule has 0 atom stereocenters. The lowest BCUT2D eigenvalue weighted by atomic mass is 10.3. The van der Waals surface area contributed by atoms with Gasteiger partial charge in [-0.05, 0) is 30.7 Å². The van der Waals surface area contributed by atoms with E-state index in [-0.39, 0.29) is 5.82 Å². The molecule has 100 valence electrons. The van der Waals surface area contributed by atoms with E-state index in [0.29, 0.717) is 10.6 Å². The van der Waals surface area contributed by atoms with Gasteiger partial charge in [-0.15, -0.1) is 11.8 Å². The number of halogens is 1. The van der Waals surface area contributed by atoms with Gasteiger partial charge < -0.3 is 5.32 Å². The first-order valence-electron chi connectivity index (χ1n) is 6.35. The van der Waals surface area contributed by atoms with Gasteiger partial charge in [0.05, 0.1) is 5.69 Å². The third-order valence-electron chi connectivity index (χ3n) is 2.61. The van der Waals surface area contributed by atoms with E-state index in [9.17, 15) is 4.39 Å². The molecule has 0 saturated carbocycles. The summed E-state index contributed by atoms with van der Waals surface area (Å²) < 4.78 is 13.5. The van der Waals surface area contributed by atoms with Gasteiger partial charge in [0.1, 0.15) is 5.82 Å². The van der Waals surface area contributed by atoms with Crippen LogP contribution in [0.3, 0.4) is 0 Å². The normalized spacial score (nSPS) is 10.4. The number of anilines is 1. The summed E-state index contributed by atoms with van der Waals surface area (Å²) in [5, 5.41) is 3.32. The summed E-state index contributed by atoms with van der Waals surface area (Å²) in [4.78, 5) is 4.97. The van der Waals surface area contributed by atoms with Gasteiger partial charge in [0.25, 0.3) is 0 Å². The highest BCUT2D eigenvalue weighted by molar-refractivity contribution is 7.98. The molecule has 0 saturated heterocycles. The second-order valence-electron chi connectivity index (χ2n) is 4.18. The molecule has 1 N–H and O–H groups in total. The SMILES string of the molecule is CCCNc1ccnc(CSc2ccccc2F)c1. The Kier molecular flexibility index (Phi) is 5.21. The minimum atomic E-state index is -0.173. The van der Waals surface area contributed by atoms with E-state index in [2.05, 4.69) is 17.2 Å². The van der Waals surface area contributed by atoms with E-state index >= 15 is 0 Å². The molecular weight excluding hydrogens is 259 g/mol. The highest BCUT2D eigenvalue weighted by Gasteiger charge is 2.03. The molecule has 0 radical (unpaired) electrons. The molecule has 2 nitrogen and oxygen atoms in total. The number of pyridine rings is 1. The quantitative estimate of drug-likeness (QED) is 0.795. The molecule has 0 spiro atoms. The van der Waals surface area contributed by atoms with Crippen LogP contribution in [0.15, 0.2) is 47.5 Å². The van der Waals surface area contributed by atoms with Crippen molar-refractivity contribution in [2.24, 2.45) is 0 Å². The molecule has 19 heavy (non-hydrogen) atoms. The average Bonchev–Trinajstić information content (AvgIpc) is 2.45. The second-order valence-corrected chi connectivity index (χ2v) is 5.20. The standard InChI is InChI=1S/C15H17FN2S/c1-2-8-17-12-7-9-18-13(10-12)11-19-15-6-4-3-5-14(15)16/h3-7,9-10H,2,8,11H2,1H3,(H,17,18). The Bertz CT molecular complexity index is 531. The predicted octanol–water partition coefficient (Wildman–Crippen LogP) is 4.33. The summed E-state index contributed by atoms with van der Waals surface area (Å²) in [6.45, 7) is 3.08. The largest absolute Gasteiger partial charge is 0.385 e. The molecule has 0 amide bonds. The zero-order valence-corrected chi connectivity index (χ0v) is 11.7. The lowest BCUT2D eigenvalue weighted by Gasteiger charge is -2.07. The van der Waals surface area contributed by atoms with Crippen LogP contribution in [0.4, 0.5) is 10.1 Å². The first-order valence-corrected chi connectivity index (χ1v) is 7.34. The van der Waals surface area contributed by atoms with Crippen LogP contribution in [-0.4, -0.2) is 11.5 Å². The van der Waals surface area contributed by atoms with E-state index in [1.165, 1.54) is 17.8 Å². The van der Waals surface area contributed by atoms with E-state index in [1.807, 2.05) is 18.2 Å². The Hall–Kier alpha value is -1.55. The number of thioether (sulfide) groups is 1. The molecule has 0 aliphatic carbocycles. The van der Waals surface area contributed by atoms with Crippen molar-refractivity contribution in [1.29, 1.82) is 0 Å². The maximum absolute atomic E-state index is 13.5. The Morgan fingerprint density at radius 2 is 2.11 bits per heavy atom. The molecule has 0 unspecified atom stereocenters. The summed E-state index contributed by atoms with van der Waals surface area (Å²) in [7, 11) is 0. The third-order valence-corrected chi connectivity index (χ3v) is 3.69.